The van der Waals surface area contributed by atoms with Gasteiger partial charge in [0.2, 0.25) is 0 Å². The van der Waals surface area contributed by atoms with Crippen LogP contribution in [0.2, 0.25) is 0 Å². The van der Waals surface area contributed by atoms with Gasteiger partial charge in [0, 0.05) is 19.8 Å². The molecule has 0 aromatic carbocycles. The number of hydrogen-bond donors (Lipinski definition) is 1. The average molecular weight is 441 g/mol. The normalized spacial score (nSPS) is 15.3. The molecule has 3 amide bonds. The standard InChI is InChI=1S/C24H44N2O5/c1-6-23(7-2,21(28)29)15-11-13-17-31-18-14-12-16-24(8-3,9-4)26-20(27)19-25(10-5)22(26)30/h6-19H2,1-5H3,(H,28,29). The summed E-state index contributed by atoms with van der Waals surface area (Å²) >= 11 is 0. The first-order valence-corrected chi connectivity index (χ1v) is 12.2. The molecule has 1 rings (SSSR count). The number of amides is 3. The number of unbranched alkanes of at least 4 members (excludes halogenated alkanes) is 2. The molecule has 1 aliphatic rings. The zero-order chi connectivity index (χ0) is 23.5. The van der Waals surface area contributed by atoms with Crippen molar-refractivity contribution in [1.82, 2.24) is 9.80 Å². The fourth-order valence-electron chi connectivity index (χ4n) is 4.74. The van der Waals surface area contributed by atoms with Crippen LogP contribution < -0.4 is 0 Å². The molecule has 1 fully saturated rings. The Morgan fingerprint density at radius 3 is 1.87 bits per heavy atom. The van der Waals surface area contributed by atoms with E-state index in [0.29, 0.717) is 39.0 Å². The third-order valence-electron chi connectivity index (χ3n) is 7.39. The summed E-state index contributed by atoms with van der Waals surface area (Å²) in [5, 5.41) is 9.49. The highest BCUT2D eigenvalue weighted by atomic mass is 16.5. The van der Waals surface area contributed by atoms with Crippen LogP contribution in [0.1, 0.15) is 98.8 Å². The molecule has 0 bridgehead atoms. The number of carboxylic acid groups (broad SMARTS) is 1. The molecule has 1 heterocycles. The maximum Gasteiger partial charge on any atom is 0.327 e. The van der Waals surface area contributed by atoms with Crippen molar-refractivity contribution < 1.29 is 24.2 Å². The van der Waals surface area contributed by atoms with Gasteiger partial charge in [0.25, 0.3) is 5.91 Å². The fraction of sp³-hybridized carbons (Fsp3) is 0.875. The van der Waals surface area contributed by atoms with E-state index in [-0.39, 0.29) is 18.5 Å². The number of carboxylic acids is 1. The van der Waals surface area contributed by atoms with Crippen molar-refractivity contribution in [1.29, 1.82) is 0 Å². The largest absolute Gasteiger partial charge is 0.481 e. The maximum atomic E-state index is 12.7. The van der Waals surface area contributed by atoms with Gasteiger partial charge in [0.15, 0.2) is 0 Å². The molecular weight excluding hydrogens is 396 g/mol. The number of likely N-dealkylation sites (N-methyl/N-ethyl adjacent to an activating group) is 1. The number of carbonyl (C=O) groups is 3. The first-order valence-electron chi connectivity index (χ1n) is 12.2. The predicted molar refractivity (Wildman–Crippen MR) is 122 cm³/mol. The van der Waals surface area contributed by atoms with E-state index in [0.717, 1.165) is 44.9 Å². The van der Waals surface area contributed by atoms with Gasteiger partial charge < -0.3 is 14.7 Å². The van der Waals surface area contributed by atoms with Gasteiger partial charge in [-0.3, -0.25) is 14.5 Å². The van der Waals surface area contributed by atoms with Gasteiger partial charge in [-0.1, -0.05) is 34.1 Å². The number of urea groups is 1. The lowest BCUT2D eigenvalue weighted by Gasteiger charge is -2.39. The highest BCUT2D eigenvalue weighted by molar-refractivity contribution is 6.02. The molecule has 1 saturated heterocycles. The SMILES string of the molecule is CCN1CC(=O)N(C(CC)(CC)CCCCOCCCCC(CC)(CC)C(=O)O)C1=O. The third kappa shape index (κ3) is 6.67. The van der Waals surface area contributed by atoms with E-state index in [9.17, 15) is 19.5 Å². The first-order chi connectivity index (χ1) is 14.8. The van der Waals surface area contributed by atoms with Gasteiger partial charge in [-0.25, -0.2) is 4.79 Å². The topological polar surface area (TPSA) is 87.2 Å². The lowest BCUT2D eigenvalue weighted by atomic mass is 9.78. The number of ether oxygens (including phenoxy) is 1. The molecule has 0 radical (unpaired) electrons. The molecular formula is C24H44N2O5. The van der Waals surface area contributed by atoms with Crippen molar-refractivity contribution in [3.8, 4) is 0 Å². The van der Waals surface area contributed by atoms with Gasteiger partial charge in [0.1, 0.15) is 6.54 Å². The summed E-state index contributed by atoms with van der Waals surface area (Å²) in [6.45, 7) is 12.0. The summed E-state index contributed by atoms with van der Waals surface area (Å²) in [6, 6.07) is -0.149. The molecule has 0 unspecified atom stereocenters. The molecule has 0 spiro atoms. The number of rotatable bonds is 17. The Bertz CT molecular complexity index is 585. The summed E-state index contributed by atoms with van der Waals surface area (Å²) in [5.74, 6) is -0.769. The van der Waals surface area contributed by atoms with Crippen LogP contribution in [0.25, 0.3) is 0 Å². The van der Waals surface area contributed by atoms with Gasteiger partial charge in [-0.05, 0) is 64.7 Å². The van der Waals surface area contributed by atoms with E-state index in [4.69, 9.17) is 4.74 Å². The molecule has 7 heteroatoms. The quantitative estimate of drug-likeness (QED) is 0.252. The highest BCUT2D eigenvalue weighted by Gasteiger charge is 2.46. The van der Waals surface area contributed by atoms with Crippen LogP contribution in [0, 0.1) is 5.41 Å². The van der Waals surface area contributed by atoms with Crippen LogP contribution >= 0.6 is 0 Å². The number of hydrogen-bond acceptors (Lipinski definition) is 4. The van der Waals surface area contributed by atoms with Crippen LogP contribution in [-0.2, 0) is 14.3 Å². The van der Waals surface area contributed by atoms with Crippen LogP contribution in [-0.4, -0.2) is 64.7 Å². The number of nitrogens with zero attached hydrogens (tertiary/aromatic N) is 2. The highest BCUT2D eigenvalue weighted by Crippen LogP contribution is 2.34. The molecule has 7 nitrogen and oxygen atoms in total. The second-order valence-electron chi connectivity index (χ2n) is 8.78. The summed E-state index contributed by atoms with van der Waals surface area (Å²) in [7, 11) is 0. The Morgan fingerprint density at radius 2 is 1.45 bits per heavy atom. The molecule has 180 valence electrons. The van der Waals surface area contributed by atoms with Crippen molar-refractivity contribution in [2.45, 2.75) is 104 Å². The Morgan fingerprint density at radius 1 is 0.903 bits per heavy atom. The average Bonchev–Trinajstić information content (AvgIpc) is 3.06. The molecule has 0 aliphatic carbocycles. The summed E-state index contributed by atoms with van der Waals surface area (Å²) in [6.07, 6.45) is 7.86. The van der Waals surface area contributed by atoms with Gasteiger partial charge in [-0.15, -0.1) is 0 Å². The molecule has 1 aliphatic heterocycles. The summed E-state index contributed by atoms with van der Waals surface area (Å²) in [5.41, 5.74) is -1.00. The van der Waals surface area contributed by atoms with E-state index >= 15 is 0 Å². The smallest absolute Gasteiger partial charge is 0.327 e. The van der Waals surface area contributed by atoms with Crippen molar-refractivity contribution >= 4 is 17.9 Å². The van der Waals surface area contributed by atoms with Gasteiger partial charge in [-0.2, -0.15) is 0 Å². The van der Waals surface area contributed by atoms with E-state index < -0.39 is 16.9 Å². The maximum absolute atomic E-state index is 12.7. The second kappa shape index (κ2) is 13.0. The first kappa shape index (κ1) is 27.4. The van der Waals surface area contributed by atoms with E-state index in [2.05, 4.69) is 13.8 Å². The number of imide groups is 1. The lowest BCUT2D eigenvalue weighted by molar-refractivity contribution is -0.150. The Hall–Kier alpha value is -1.63. The van der Waals surface area contributed by atoms with E-state index in [1.165, 1.54) is 4.90 Å². The Balaban J connectivity index is 2.37. The minimum absolute atomic E-state index is 0.0802. The molecule has 0 aromatic rings. The van der Waals surface area contributed by atoms with Gasteiger partial charge >= 0.3 is 12.0 Å². The Kier molecular flexibility index (Phi) is 11.5. The van der Waals surface area contributed by atoms with Crippen molar-refractivity contribution in [3.05, 3.63) is 0 Å². The second-order valence-corrected chi connectivity index (χ2v) is 8.78. The van der Waals surface area contributed by atoms with Crippen molar-refractivity contribution in [2.24, 2.45) is 5.41 Å². The van der Waals surface area contributed by atoms with Crippen LogP contribution in [0.3, 0.4) is 0 Å². The molecule has 1 N–H and O–H groups in total. The van der Waals surface area contributed by atoms with Crippen LogP contribution in [0.4, 0.5) is 4.79 Å². The zero-order valence-electron chi connectivity index (χ0n) is 20.4. The summed E-state index contributed by atoms with van der Waals surface area (Å²) < 4.78 is 5.76. The van der Waals surface area contributed by atoms with Crippen molar-refractivity contribution in [2.75, 3.05) is 26.3 Å². The van der Waals surface area contributed by atoms with E-state index in [1.807, 2.05) is 20.8 Å². The lowest BCUT2D eigenvalue weighted by Crippen LogP contribution is -2.51. The molecule has 0 atom stereocenters. The zero-order valence-corrected chi connectivity index (χ0v) is 20.4. The third-order valence-corrected chi connectivity index (χ3v) is 7.39. The van der Waals surface area contributed by atoms with E-state index in [1.54, 1.807) is 4.90 Å². The van der Waals surface area contributed by atoms with Crippen LogP contribution in [0.15, 0.2) is 0 Å². The minimum atomic E-state index is -0.689. The fourth-order valence-corrected chi connectivity index (χ4v) is 4.74. The van der Waals surface area contributed by atoms with Gasteiger partial charge in [0.05, 0.1) is 11.0 Å². The molecule has 0 saturated carbocycles. The number of carbonyl (C=O) groups excluding carboxylic acids is 2. The Labute approximate surface area is 188 Å². The summed E-state index contributed by atoms with van der Waals surface area (Å²) in [4.78, 5) is 39.9. The van der Waals surface area contributed by atoms with Crippen molar-refractivity contribution in [3.63, 3.8) is 0 Å². The van der Waals surface area contributed by atoms with Crippen LogP contribution in [0.5, 0.6) is 0 Å². The molecule has 31 heavy (non-hydrogen) atoms. The number of aliphatic carboxylic acids is 1. The predicted octanol–water partition coefficient (Wildman–Crippen LogP) is 5.08. The minimum Gasteiger partial charge on any atom is -0.481 e. The molecule has 0 aromatic heterocycles. The monoisotopic (exact) mass is 440 g/mol.